The summed E-state index contributed by atoms with van der Waals surface area (Å²) in [7, 11) is 0. The van der Waals surface area contributed by atoms with Crippen molar-refractivity contribution in [3.63, 3.8) is 0 Å². The predicted molar refractivity (Wildman–Crippen MR) is 70.3 cm³/mol. The van der Waals surface area contributed by atoms with Gasteiger partial charge in [0.15, 0.2) is 0 Å². The summed E-state index contributed by atoms with van der Waals surface area (Å²) in [5.74, 6) is 0. The molecule has 1 aliphatic rings. The van der Waals surface area contributed by atoms with Gasteiger partial charge in [0.1, 0.15) is 0 Å². The normalized spacial score (nSPS) is 18.5. The van der Waals surface area contributed by atoms with Crippen LogP contribution in [0.2, 0.25) is 0 Å². The lowest BCUT2D eigenvalue weighted by Crippen LogP contribution is -2.29. The van der Waals surface area contributed by atoms with Crippen LogP contribution in [0.5, 0.6) is 0 Å². The molecule has 1 aromatic rings. The zero-order valence-electron chi connectivity index (χ0n) is 10.6. The molecule has 1 N–H and O–H groups in total. The quantitative estimate of drug-likeness (QED) is 0.473. The molecule has 3 nitrogen and oxygen atoms in total. The molecule has 90 valence electrons. The van der Waals surface area contributed by atoms with E-state index in [4.69, 9.17) is 10.2 Å². The fourth-order valence-corrected chi connectivity index (χ4v) is 2.30. The van der Waals surface area contributed by atoms with Crippen LogP contribution in [0.25, 0.3) is 0 Å². The Labute approximate surface area is 102 Å². The van der Waals surface area contributed by atoms with Gasteiger partial charge >= 0.3 is 0 Å². The fraction of sp³-hybridized carbons (Fsp3) is 0.429. The second-order valence-electron chi connectivity index (χ2n) is 5.22. The number of rotatable bonds is 2. The maximum absolute atomic E-state index is 8.78. The van der Waals surface area contributed by atoms with E-state index in [0.717, 1.165) is 12.1 Å². The van der Waals surface area contributed by atoms with Crippen molar-refractivity contribution in [1.82, 2.24) is 0 Å². The number of aliphatic imine (C=N–C) groups is 1. The Morgan fingerprint density at radius 2 is 2.12 bits per heavy atom. The molecule has 0 atom stereocenters. The Hall–Kier alpha value is -1.64. The average molecular weight is 230 g/mol. The van der Waals surface area contributed by atoms with E-state index in [9.17, 15) is 0 Å². The van der Waals surface area contributed by atoms with Gasteiger partial charge in [-0.25, -0.2) is 0 Å². The van der Waals surface area contributed by atoms with Gasteiger partial charge in [0.2, 0.25) is 0 Å². The second-order valence-corrected chi connectivity index (χ2v) is 5.22. The van der Waals surface area contributed by atoms with Gasteiger partial charge in [-0.2, -0.15) is 0 Å². The van der Waals surface area contributed by atoms with Gasteiger partial charge in [-0.05, 0) is 38.3 Å². The van der Waals surface area contributed by atoms with Crippen molar-refractivity contribution in [2.45, 2.75) is 39.2 Å². The Morgan fingerprint density at radius 3 is 2.82 bits per heavy atom. The zero-order valence-corrected chi connectivity index (χ0v) is 10.6. The predicted octanol–water partition coefficient (Wildman–Crippen LogP) is 3.05. The third-order valence-corrected chi connectivity index (χ3v) is 2.98. The van der Waals surface area contributed by atoms with E-state index in [1.807, 2.05) is 13.0 Å². The van der Waals surface area contributed by atoms with Gasteiger partial charge in [-0.1, -0.05) is 29.4 Å². The molecule has 0 saturated heterocycles. The molecule has 0 aliphatic carbocycles. The fourth-order valence-electron chi connectivity index (χ4n) is 2.30. The minimum Gasteiger partial charge on any atom is -0.411 e. The smallest absolute Gasteiger partial charge is 0.0599 e. The number of oxime groups is 1. The highest BCUT2D eigenvalue weighted by Gasteiger charge is 2.26. The van der Waals surface area contributed by atoms with E-state index in [1.54, 1.807) is 0 Å². The van der Waals surface area contributed by atoms with Crippen molar-refractivity contribution >= 4 is 11.4 Å². The van der Waals surface area contributed by atoms with Crippen molar-refractivity contribution in [2.75, 3.05) is 0 Å². The number of fused-ring (bicyclic) bond motifs is 1. The van der Waals surface area contributed by atoms with Crippen molar-refractivity contribution in [1.29, 1.82) is 0 Å². The first-order chi connectivity index (χ1) is 8.02. The third kappa shape index (κ3) is 2.54. The minimum atomic E-state index is -0.0700. The summed E-state index contributed by atoms with van der Waals surface area (Å²) >= 11 is 0. The summed E-state index contributed by atoms with van der Waals surface area (Å²) in [5, 5.41) is 12.0. The summed E-state index contributed by atoms with van der Waals surface area (Å²) in [6, 6.07) is 8.33. The third-order valence-electron chi connectivity index (χ3n) is 2.98. The standard InChI is InChI=1S/C14H18N2O/c1-10(16-17)8-13-12-7-5-4-6-11(12)9-14(2,3)15-13/h4-7,17H,8-9H2,1-3H3. The summed E-state index contributed by atoms with van der Waals surface area (Å²) in [6.45, 7) is 6.08. The molecule has 3 heteroatoms. The molecular formula is C14H18N2O. The van der Waals surface area contributed by atoms with Crippen molar-refractivity contribution in [3.05, 3.63) is 35.4 Å². The van der Waals surface area contributed by atoms with E-state index in [0.29, 0.717) is 12.1 Å². The SMILES string of the molecule is CC(CC1=NC(C)(C)Cc2ccccc21)=NO. The van der Waals surface area contributed by atoms with Gasteiger partial charge in [-0.3, -0.25) is 4.99 Å². The van der Waals surface area contributed by atoms with Crippen molar-refractivity contribution < 1.29 is 5.21 Å². The molecule has 2 rings (SSSR count). The summed E-state index contributed by atoms with van der Waals surface area (Å²) in [6.07, 6.45) is 1.57. The Morgan fingerprint density at radius 1 is 1.41 bits per heavy atom. The first-order valence-corrected chi connectivity index (χ1v) is 5.86. The van der Waals surface area contributed by atoms with Crippen LogP contribution < -0.4 is 0 Å². The first-order valence-electron chi connectivity index (χ1n) is 5.86. The van der Waals surface area contributed by atoms with Crippen LogP contribution in [0, 0.1) is 0 Å². The molecular weight excluding hydrogens is 212 g/mol. The van der Waals surface area contributed by atoms with Gasteiger partial charge < -0.3 is 5.21 Å². The second kappa shape index (κ2) is 4.32. The first kappa shape index (κ1) is 11.8. The number of nitrogens with zero attached hydrogens (tertiary/aromatic N) is 2. The lowest BCUT2D eigenvalue weighted by Gasteiger charge is -2.29. The van der Waals surface area contributed by atoms with Crippen LogP contribution in [0.1, 0.15) is 38.3 Å². The monoisotopic (exact) mass is 230 g/mol. The Bertz CT molecular complexity index is 487. The molecule has 0 bridgehead atoms. The van der Waals surface area contributed by atoms with E-state index < -0.39 is 0 Å². The highest BCUT2D eigenvalue weighted by atomic mass is 16.4. The van der Waals surface area contributed by atoms with Crippen LogP contribution in [0.15, 0.2) is 34.4 Å². The highest BCUT2D eigenvalue weighted by molar-refractivity contribution is 6.13. The lowest BCUT2D eigenvalue weighted by molar-refractivity contribution is 0.318. The van der Waals surface area contributed by atoms with E-state index in [-0.39, 0.29) is 5.54 Å². The number of benzene rings is 1. The van der Waals surface area contributed by atoms with Crippen molar-refractivity contribution in [3.8, 4) is 0 Å². The molecule has 0 amide bonds. The molecule has 0 fully saturated rings. The molecule has 1 aliphatic heterocycles. The van der Waals surface area contributed by atoms with Crippen LogP contribution in [0.4, 0.5) is 0 Å². The van der Waals surface area contributed by atoms with Crippen LogP contribution in [-0.4, -0.2) is 22.2 Å². The molecule has 1 heterocycles. The number of hydrogen-bond acceptors (Lipinski definition) is 3. The Kier molecular flexibility index (Phi) is 3.01. The molecule has 17 heavy (non-hydrogen) atoms. The van der Waals surface area contributed by atoms with Crippen LogP contribution in [-0.2, 0) is 6.42 Å². The molecule has 0 radical (unpaired) electrons. The van der Waals surface area contributed by atoms with Crippen LogP contribution in [0.3, 0.4) is 0 Å². The van der Waals surface area contributed by atoms with E-state index in [1.165, 1.54) is 11.1 Å². The minimum absolute atomic E-state index is 0.0700. The summed E-state index contributed by atoms with van der Waals surface area (Å²) in [5.41, 5.74) is 4.16. The molecule has 0 unspecified atom stereocenters. The molecule has 0 spiro atoms. The number of hydrogen-bond donors (Lipinski definition) is 1. The topological polar surface area (TPSA) is 45.0 Å². The molecule has 1 aromatic carbocycles. The van der Waals surface area contributed by atoms with Gasteiger partial charge in [0.05, 0.1) is 11.3 Å². The van der Waals surface area contributed by atoms with Crippen LogP contribution >= 0.6 is 0 Å². The summed E-state index contributed by atoms with van der Waals surface area (Å²) < 4.78 is 0. The molecule has 0 aromatic heterocycles. The van der Waals surface area contributed by atoms with E-state index in [2.05, 4.69) is 37.2 Å². The van der Waals surface area contributed by atoms with Gasteiger partial charge in [-0.15, -0.1) is 0 Å². The highest BCUT2D eigenvalue weighted by Crippen LogP contribution is 2.27. The zero-order chi connectivity index (χ0) is 12.5. The van der Waals surface area contributed by atoms with Gasteiger partial charge in [0.25, 0.3) is 0 Å². The van der Waals surface area contributed by atoms with Crippen molar-refractivity contribution in [2.24, 2.45) is 10.1 Å². The average Bonchev–Trinajstić information content (AvgIpc) is 2.27. The maximum Gasteiger partial charge on any atom is 0.0599 e. The van der Waals surface area contributed by atoms with Gasteiger partial charge in [0, 0.05) is 12.1 Å². The molecule has 0 saturated carbocycles. The largest absolute Gasteiger partial charge is 0.411 e. The Balaban J connectivity index is 2.43. The van der Waals surface area contributed by atoms with E-state index >= 15 is 0 Å². The summed E-state index contributed by atoms with van der Waals surface area (Å²) in [4.78, 5) is 4.77. The maximum atomic E-state index is 8.78. The lowest BCUT2D eigenvalue weighted by atomic mass is 9.86.